The minimum atomic E-state index is 0.0819. The molecule has 3 heterocycles. The Morgan fingerprint density at radius 2 is 2.14 bits per heavy atom. The van der Waals surface area contributed by atoms with Crippen molar-refractivity contribution in [2.45, 2.75) is 31.8 Å². The Bertz CT molecular complexity index is 1180. The molecule has 5 rings (SSSR count). The van der Waals surface area contributed by atoms with Crippen LogP contribution < -0.4 is 21.3 Å². The molecule has 1 fully saturated rings. The van der Waals surface area contributed by atoms with Gasteiger partial charge in [0, 0.05) is 42.1 Å². The van der Waals surface area contributed by atoms with Gasteiger partial charge >= 0.3 is 0 Å². The minimum Gasteiger partial charge on any atom is -0.494 e. The number of nitrogens with two attached hydrogens (primary N) is 1. The van der Waals surface area contributed by atoms with E-state index in [9.17, 15) is 0 Å². The fourth-order valence-corrected chi connectivity index (χ4v) is 3.95. The molecule has 0 radical (unpaired) electrons. The second kappa shape index (κ2) is 6.93. The first kappa shape index (κ1) is 17.7. The number of rotatable bonds is 3. The van der Waals surface area contributed by atoms with Crippen LogP contribution in [-0.2, 0) is 13.1 Å². The molecule has 5 N–H and O–H groups in total. The fraction of sp³-hybridized carbons (Fsp3) is 0.350. The number of aromatic nitrogens is 4. The third-order valence-electron chi connectivity index (χ3n) is 5.66. The highest BCUT2D eigenvalue weighted by Crippen LogP contribution is 2.41. The standard InChI is InChI=1S/C20H22N8O/c1-29-15-4-2-3-13-16(15)26-20(22)28-19(13)27-17(21)10-5-11(6-10)18-24-8-12-7-23-9-14(12)25-18/h2-4,8,10-11,23H,5-7,9H2,1H3,(H4,21,22,26,27,28)/t10-,11-. The quantitative estimate of drug-likeness (QED) is 0.396. The molecule has 1 aromatic carbocycles. The van der Waals surface area contributed by atoms with Crippen molar-refractivity contribution >= 4 is 22.7 Å². The maximum atomic E-state index is 8.47. The number of amidine groups is 1. The lowest BCUT2D eigenvalue weighted by molar-refractivity contribution is 0.327. The number of H-pyrrole nitrogens is 1. The zero-order valence-corrected chi connectivity index (χ0v) is 16.1. The van der Waals surface area contributed by atoms with Crippen molar-refractivity contribution < 1.29 is 4.74 Å². The van der Waals surface area contributed by atoms with Crippen LogP contribution in [0.4, 0.5) is 5.95 Å². The number of aromatic amines is 1. The highest BCUT2D eigenvalue weighted by atomic mass is 16.5. The third kappa shape index (κ3) is 3.13. The number of benzene rings is 1. The van der Waals surface area contributed by atoms with Crippen LogP contribution in [0.25, 0.3) is 10.9 Å². The molecule has 9 nitrogen and oxygen atoms in total. The van der Waals surface area contributed by atoms with Crippen molar-refractivity contribution in [1.29, 1.82) is 5.41 Å². The molecule has 0 saturated heterocycles. The number of para-hydroxylation sites is 1. The summed E-state index contributed by atoms with van der Waals surface area (Å²) in [6.45, 7) is 1.65. The molecule has 9 heteroatoms. The van der Waals surface area contributed by atoms with Crippen molar-refractivity contribution in [3.8, 4) is 5.75 Å². The number of hydrogen-bond acceptors (Lipinski definition) is 7. The molecule has 1 aliphatic carbocycles. The minimum absolute atomic E-state index is 0.0819. The van der Waals surface area contributed by atoms with Gasteiger partial charge in [0.2, 0.25) is 0 Å². The monoisotopic (exact) mass is 390 g/mol. The Balaban J connectivity index is 1.38. The van der Waals surface area contributed by atoms with Gasteiger partial charge in [-0.1, -0.05) is 6.07 Å². The van der Waals surface area contributed by atoms with Crippen LogP contribution in [0, 0.1) is 11.3 Å². The number of nitrogens with one attached hydrogen (secondary N) is 3. The molecule has 1 saturated carbocycles. The van der Waals surface area contributed by atoms with Crippen LogP contribution >= 0.6 is 0 Å². The number of nitrogen functional groups attached to an aromatic ring is 1. The van der Waals surface area contributed by atoms with E-state index in [0.29, 0.717) is 22.6 Å². The van der Waals surface area contributed by atoms with Crippen molar-refractivity contribution in [3.05, 3.63) is 47.0 Å². The van der Waals surface area contributed by atoms with Gasteiger partial charge in [0.1, 0.15) is 28.4 Å². The lowest BCUT2D eigenvalue weighted by Gasteiger charge is -2.33. The molecule has 0 spiro atoms. The first-order valence-electron chi connectivity index (χ1n) is 9.63. The fourth-order valence-electron chi connectivity index (χ4n) is 3.95. The molecule has 0 atom stereocenters. The van der Waals surface area contributed by atoms with E-state index in [1.54, 1.807) is 7.11 Å². The second-order valence-electron chi connectivity index (χ2n) is 7.49. The number of anilines is 1. The van der Waals surface area contributed by atoms with Crippen LogP contribution in [-0.4, -0.2) is 32.9 Å². The molecular weight excluding hydrogens is 368 g/mol. The largest absolute Gasteiger partial charge is 0.494 e. The normalized spacial score (nSPS) is 21.1. The Hall–Kier alpha value is -3.33. The van der Waals surface area contributed by atoms with Gasteiger partial charge in [0.15, 0.2) is 5.95 Å². The van der Waals surface area contributed by atoms with Gasteiger partial charge < -0.3 is 20.8 Å². The Kier molecular flexibility index (Phi) is 4.24. The first-order valence-corrected chi connectivity index (χ1v) is 9.63. The summed E-state index contributed by atoms with van der Waals surface area (Å²) in [5, 5.41) is 12.5. The van der Waals surface area contributed by atoms with Gasteiger partial charge in [-0.25, -0.2) is 19.9 Å². The van der Waals surface area contributed by atoms with Crippen LogP contribution in [0.2, 0.25) is 0 Å². The highest BCUT2D eigenvalue weighted by molar-refractivity contribution is 5.87. The molecule has 3 aromatic rings. The van der Waals surface area contributed by atoms with Gasteiger partial charge in [-0.05, 0) is 25.0 Å². The van der Waals surface area contributed by atoms with E-state index in [2.05, 4.69) is 25.3 Å². The van der Waals surface area contributed by atoms with Gasteiger partial charge in [0.25, 0.3) is 0 Å². The summed E-state index contributed by atoms with van der Waals surface area (Å²) in [6, 6.07) is 5.59. The summed E-state index contributed by atoms with van der Waals surface area (Å²) in [5.41, 5.74) is 9.35. The van der Waals surface area contributed by atoms with E-state index in [1.165, 1.54) is 5.56 Å². The van der Waals surface area contributed by atoms with Crippen LogP contribution in [0.1, 0.15) is 35.8 Å². The summed E-state index contributed by atoms with van der Waals surface area (Å²) in [7, 11) is 1.59. The molecule has 29 heavy (non-hydrogen) atoms. The van der Waals surface area contributed by atoms with Crippen LogP contribution in [0.5, 0.6) is 5.75 Å². The topological polar surface area (TPSA) is 138 Å². The third-order valence-corrected chi connectivity index (χ3v) is 5.66. The predicted molar refractivity (Wildman–Crippen MR) is 108 cm³/mol. The van der Waals surface area contributed by atoms with E-state index in [0.717, 1.165) is 42.8 Å². The van der Waals surface area contributed by atoms with E-state index in [1.807, 2.05) is 24.4 Å². The Morgan fingerprint density at radius 3 is 2.97 bits per heavy atom. The zero-order chi connectivity index (χ0) is 20.0. The molecular formula is C20H22N8O. The molecule has 0 amide bonds. The number of hydrogen-bond donors (Lipinski definition) is 4. The average Bonchev–Trinajstić information content (AvgIpc) is 3.14. The summed E-state index contributed by atoms with van der Waals surface area (Å²) < 4.78 is 5.37. The Labute approximate surface area is 167 Å². The number of fused-ring (bicyclic) bond motifs is 2. The first-order chi connectivity index (χ1) is 14.1. The molecule has 2 aliphatic rings. The van der Waals surface area contributed by atoms with Crippen molar-refractivity contribution in [2.24, 2.45) is 10.9 Å². The predicted octanol–water partition coefficient (Wildman–Crippen LogP) is 1.62. The summed E-state index contributed by atoms with van der Waals surface area (Å²) in [6.07, 6.45) is 3.58. The van der Waals surface area contributed by atoms with Gasteiger partial charge in [-0.15, -0.1) is 0 Å². The second-order valence-corrected chi connectivity index (χ2v) is 7.49. The molecule has 148 valence electrons. The van der Waals surface area contributed by atoms with Gasteiger partial charge in [-0.3, -0.25) is 5.41 Å². The lowest BCUT2D eigenvalue weighted by Crippen LogP contribution is -2.30. The van der Waals surface area contributed by atoms with Gasteiger partial charge in [-0.2, -0.15) is 0 Å². The zero-order valence-electron chi connectivity index (χ0n) is 16.1. The number of ether oxygens (including phenoxy) is 1. The Morgan fingerprint density at radius 1 is 1.28 bits per heavy atom. The highest BCUT2D eigenvalue weighted by Gasteiger charge is 2.35. The van der Waals surface area contributed by atoms with E-state index >= 15 is 0 Å². The molecule has 0 bridgehead atoms. The van der Waals surface area contributed by atoms with Crippen molar-refractivity contribution in [3.63, 3.8) is 0 Å². The summed E-state index contributed by atoms with van der Waals surface area (Å²) in [5.74, 6) is 2.43. The maximum Gasteiger partial charge on any atom is 0.199 e. The molecule has 2 aromatic heterocycles. The van der Waals surface area contributed by atoms with E-state index < -0.39 is 0 Å². The number of methoxy groups -OCH3 is 1. The maximum absolute atomic E-state index is 8.47. The van der Waals surface area contributed by atoms with Crippen LogP contribution in [0.15, 0.2) is 29.4 Å². The van der Waals surface area contributed by atoms with E-state index in [4.69, 9.17) is 20.9 Å². The van der Waals surface area contributed by atoms with Crippen LogP contribution in [0.3, 0.4) is 0 Å². The van der Waals surface area contributed by atoms with Gasteiger partial charge in [0.05, 0.1) is 12.8 Å². The van der Waals surface area contributed by atoms with E-state index in [-0.39, 0.29) is 17.8 Å². The number of nitrogens with zero attached hydrogens (tertiary/aromatic N) is 4. The lowest BCUT2D eigenvalue weighted by atomic mass is 9.73. The smallest absolute Gasteiger partial charge is 0.199 e. The molecule has 0 unspecified atom stereocenters. The van der Waals surface area contributed by atoms with Crippen molar-refractivity contribution in [2.75, 3.05) is 12.8 Å². The molecule has 1 aliphatic heterocycles. The summed E-state index contributed by atoms with van der Waals surface area (Å²) >= 11 is 0. The SMILES string of the molecule is COc1cccc2/c(=N/C(=N)[C@H]3C[C@H](c4ncc5c(n4)CNC5)C3)[nH]c(N)nc12. The van der Waals surface area contributed by atoms with Crippen molar-refractivity contribution in [1.82, 2.24) is 25.3 Å². The average molecular weight is 390 g/mol. The summed E-state index contributed by atoms with van der Waals surface area (Å²) in [4.78, 5) is 21.1.